The summed E-state index contributed by atoms with van der Waals surface area (Å²) in [4.78, 5) is 37.0. The minimum Gasteiger partial charge on any atom is -0.481 e. The van der Waals surface area contributed by atoms with E-state index in [9.17, 15) is 14.4 Å². The Labute approximate surface area is 149 Å². The average molecular weight is 357 g/mol. The number of nitrogens with zero attached hydrogens (tertiary/aromatic N) is 1. The third-order valence-electron chi connectivity index (χ3n) is 4.21. The maximum atomic E-state index is 12.4. The summed E-state index contributed by atoms with van der Waals surface area (Å²) in [5.41, 5.74) is 1.43. The van der Waals surface area contributed by atoms with Gasteiger partial charge in [0.2, 0.25) is 0 Å². The molecule has 1 fully saturated rings. The number of carboxylic acid groups (broad SMARTS) is 1. The van der Waals surface area contributed by atoms with Crippen molar-refractivity contribution in [1.29, 1.82) is 0 Å². The van der Waals surface area contributed by atoms with Crippen molar-refractivity contribution in [1.82, 2.24) is 4.90 Å². The fraction of sp³-hybridized carbons (Fsp3) is 0.278. The van der Waals surface area contributed by atoms with Crippen LogP contribution < -0.4 is 10.6 Å². The maximum absolute atomic E-state index is 12.4. The first kappa shape index (κ1) is 17.5. The van der Waals surface area contributed by atoms with E-state index in [4.69, 9.17) is 9.52 Å². The summed E-state index contributed by atoms with van der Waals surface area (Å²) < 4.78 is 4.88. The normalized spacial score (nSPS) is 16.8. The molecule has 8 nitrogen and oxygen atoms in total. The number of urea groups is 1. The first-order valence-corrected chi connectivity index (χ1v) is 8.25. The van der Waals surface area contributed by atoms with Crippen LogP contribution in [0.2, 0.25) is 0 Å². The fourth-order valence-corrected chi connectivity index (χ4v) is 2.84. The number of nitrogens with one attached hydrogen (secondary N) is 2. The van der Waals surface area contributed by atoms with Gasteiger partial charge in [0, 0.05) is 24.5 Å². The van der Waals surface area contributed by atoms with Crippen molar-refractivity contribution < 1.29 is 23.9 Å². The van der Waals surface area contributed by atoms with Crippen LogP contribution >= 0.6 is 0 Å². The van der Waals surface area contributed by atoms with E-state index in [1.165, 1.54) is 17.4 Å². The number of anilines is 2. The monoisotopic (exact) mass is 357 g/mol. The van der Waals surface area contributed by atoms with Crippen LogP contribution in [0.25, 0.3) is 0 Å². The largest absolute Gasteiger partial charge is 0.481 e. The van der Waals surface area contributed by atoms with Crippen LogP contribution in [0.5, 0.6) is 0 Å². The highest BCUT2D eigenvalue weighted by Gasteiger charge is 2.28. The molecule has 1 atom stereocenters. The van der Waals surface area contributed by atoms with Crippen LogP contribution in [0.15, 0.2) is 47.3 Å². The van der Waals surface area contributed by atoms with E-state index in [0.717, 1.165) is 0 Å². The van der Waals surface area contributed by atoms with Gasteiger partial charge < -0.3 is 25.1 Å². The molecule has 26 heavy (non-hydrogen) atoms. The molecule has 3 rings (SSSR count). The molecule has 0 aliphatic carbocycles. The Balaban J connectivity index is 1.62. The van der Waals surface area contributed by atoms with Crippen molar-refractivity contribution in [3.63, 3.8) is 0 Å². The smallest absolute Gasteiger partial charge is 0.321 e. The summed E-state index contributed by atoms with van der Waals surface area (Å²) in [6, 6.07) is 7.94. The Morgan fingerprint density at radius 3 is 2.62 bits per heavy atom. The van der Waals surface area contributed by atoms with Crippen molar-refractivity contribution >= 4 is 29.3 Å². The molecule has 1 aromatic carbocycles. The standard InChI is InChI=1S/C18H19N3O5/c22-16(13-6-8-26-11-13)19-14-4-1-5-15(9-14)20-18(25)21-7-2-3-12(10-21)17(23)24/h1,4-6,8-9,11-12H,2-3,7,10H2,(H,19,22)(H,20,25)(H,23,24). The van der Waals surface area contributed by atoms with Gasteiger partial charge >= 0.3 is 12.0 Å². The zero-order valence-electron chi connectivity index (χ0n) is 14.0. The van der Waals surface area contributed by atoms with E-state index in [1.807, 2.05) is 0 Å². The number of amides is 3. The van der Waals surface area contributed by atoms with Gasteiger partial charge in [0.1, 0.15) is 6.26 Å². The number of rotatable bonds is 4. The summed E-state index contributed by atoms with van der Waals surface area (Å²) >= 11 is 0. The minimum atomic E-state index is -0.883. The lowest BCUT2D eigenvalue weighted by Crippen LogP contribution is -2.44. The summed E-state index contributed by atoms with van der Waals surface area (Å²) in [5, 5.41) is 14.6. The summed E-state index contributed by atoms with van der Waals surface area (Å²) in [6.45, 7) is 0.713. The first-order chi connectivity index (χ1) is 12.5. The lowest BCUT2D eigenvalue weighted by molar-refractivity contribution is -0.143. The van der Waals surface area contributed by atoms with Crippen LogP contribution in [-0.2, 0) is 4.79 Å². The molecule has 136 valence electrons. The predicted octanol–water partition coefficient (Wildman–Crippen LogP) is 2.86. The first-order valence-electron chi connectivity index (χ1n) is 8.25. The van der Waals surface area contributed by atoms with Crippen molar-refractivity contribution in [2.24, 2.45) is 5.92 Å². The van der Waals surface area contributed by atoms with E-state index in [2.05, 4.69) is 10.6 Å². The van der Waals surface area contributed by atoms with Crippen LogP contribution in [0, 0.1) is 5.92 Å². The number of hydrogen-bond acceptors (Lipinski definition) is 4. The number of benzene rings is 1. The second-order valence-corrected chi connectivity index (χ2v) is 6.10. The van der Waals surface area contributed by atoms with E-state index >= 15 is 0 Å². The summed E-state index contributed by atoms with van der Waals surface area (Å²) in [5.74, 6) is -1.73. The molecule has 2 aromatic rings. The van der Waals surface area contributed by atoms with E-state index in [-0.39, 0.29) is 18.5 Å². The highest BCUT2D eigenvalue weighted by atomic mass is 16.4. The number of piperidine rings is 1. The van der Waals surface area contributed by atoms with Crippen molar-refractivity contribution in [2.45, 2.75) is 12.8 Å². The highest BCUT2D eigenvalue weighted by Crippen LogP contribution is 2.20. The Morgan fingerprint density at radius 1 is 1.15 bits per heavy atom. The van der Waals surface area contributed by atoms with Gasteiger partial charge in [-0.05, 0) is 37.1 Å². The Hall–Kier alpha value is -3.29. The van der Waals surface area contributed by atoms with Gasteiger partial charge in [-0.15, -0.1) is 0 Å². The third-order valence-corrected chi connectivity index (χ3v) is 4.21. The summed E-state index contributed by atoms with van der Waals surface area (Å²) in [6.07, 6.45) is 3.99. The van der Waals surface area contributed by atoms with Crippen LogP contribution in [0.4, 0.5) is 16.2 Å². The molecule has 1 aliphatic heterocycles. The van der Waals surface area contributed by atoms with Crippen molar-refractivity contribution in [2.75, 3.05) is 23.7 Å². The van der Waals surface area contributed by atoms with Crippen LogP contribution in [0.3, 0.4) is 0 Å². The fourth-order valence-electron chi connectivity index (χ4n) is 2.84. The van der Waals surface area contributed by atoms with Gasteiger partial charge in [-0.2, -0.15) is 0 Å². The molecule has 2 heterocycles. The Kier molecular flexibility index (Phi) is 5.21. The molecule has 1 saturated heterocycles. The van der Waals surface area contributed by atoms with E-state index < -0.39 is 11.9 Å². The number of carboxylic acids is 1. The second-order valence-electron chi connectivity index (χ2n) is 6.10. The van der Waals surface area contributed by atoms with Gasteiger partial charge in [-0.3, -0.25) is 9.59 Å². The molecule has 3 N–H and O–H groups in total. The molecule has 0 saturated carbocycles. The zero-order valence-corrected chi connectivity index (χ0v) is 14.0. The quantitative estimate of drug-likeness (QED) is 0.779. The molecular weight excluding hydrogens is 338 g/mol. The molecule has 0 radical (unpaired) electrons. The molecule has 1 aromatic heterocycles. The molecule has 3 amide bonds. The van der Waals surface area contributed by atoms with Crippen molar-refractivity contribution in [3.05, 3.63) is 48.4 Å². The predicted molar refractivity (Wildman–Crippen MR) is 94.1 cm³/mol. The minimum absolute atomic E-state index is 0.193. The number of furan rings is 1. The van der Waals surface area contributed by atoms with Crippen LogP contribution in [-0.4, -0.2) is 41.0 Å². The number of likely N-dealkylation sites (tertiary alicyclic amines) is 1. The lowest BCUT2D eigenvalue weighted by atomic mass is 9.99. The molecule has 1 aliphatic rings. The second kappa shape index (κ2) is 7.73. The average Bonchev–Trinajstić information content (AvgIpc) is 3.17. The molecular formula is C18H19N3O5. The third kappa shape index (κ3) is 4.21. The number of hydrogen-bond donors (Lipinski definition) is 3. The lowest BCUT2D eigenvalue weighted by Gasteiger charge is -2.30. The van der Waals surface area contributed by atoms with Crippen LogP contribution in [0.1, 0.15) is 23.2 Å². The van der Waals surface area contributed by atoms with Gasteiger partial charge in [-0.25, -0.2) is 4.79 Å². The zero-order chi connectivity index (χ0) is 18.5. The molecule has 8 heteroatoms. The van der Waals surface area contributed by atoms with E-state index in [0.29, 0.717) is 36.3 Å². The van der Waals surface area contributed by atoms with Crippen molar-refractivity contribution in [3.8, 4) is 0 Å². The maximum Gasteiger partial charge on any atom is 0.321 e. The van der Waals surface area contributed by atoms with Gasteiger partial charge in [-0.1, -0.05) is 6.07 Å². The van der Waals surface area contributed by atoms with Gasteiger partial charge in [0.05, 0.1) is 17.7 Å². The SMILES string of the molecule is O=C(Nc1cccc(NC(=O)N2CCCC(C(=O)O)C2)c1)c1ccoc1. The van der Waals surface area contributed by atoms with E-state index in [1.54, 1.807) is 30.3 Å². The molecule has 1 unspecified atom stereocenters. The number of aliphatic carboxylic acids is 1. The molecule has 0 bridgehead atoms. The molecule has 0 spiro atoms. The van der Waals surface area contributed by atoms with Gasteiger partial charge in [0.25, 0.3) is 5.91 Å². The number of carbonyl (C=O) groups is 3. The Bertz CT molecular complexity index is 803. The topological polar surface area (TPSA) is 112 Å². The van der Waals surface area contributed by atoms with Gasteiger partial charge in [0.15, 0.2) is 0 Å². The summed E-state index contributed by atoms with van der Waals surface area (Å²) in [7, 11) is 0. The highest BCUT2D eigenvalue weighted by molar-refractivity contribution is 6.04. The Morgan fingerprint density at radius 2 is 1.92 bits per heavy atom. The number of carbonyl (C=O) groups excluding carboxylic acids is 2.